The van der Waals surface area contributed by atoms with Crippen LogP contribution in [0.4, 0.5) is 4.39 Å². The number of benzene rings is 1. The van der Waals surface area contributed by atoms with Gasteiger partial charge in [0.1, 0.15) is 11.5 Å². The highest BCUT2D eigenvalue weighted by atomic mass is 35.5. The molecule has 0 fully saturated rings. The second-order valence-electron chi connectivity index (χ2n) is 6.45. The van der Waals surface area contributed by atoms with Crippen LogP contribution in [-0.4, -0.2) is 20.9 Å². The standard InChI is InChI=1S/C20H17Cl2FN4O2/c1-10(12-7-16(23)15(22)9-14(12)21)25-18(28)8-13-11(2)26-19(27-20(13)29)17-5-3-4-6-24-17/h3-7,9-10H,8H2,1-2H3,(H,25,28)(H,26,27,29)/t10-/m1/s1. The molecule has 0 radical (unpaired) electrons. The first-order valence-electron chi connectivity index (χ1n) is 8.71. The molecule has 0 saturated carbocycles. The van der Waals surface area contributed by atoms with Gasteiger partial charge in [0.15, 0.2) is 5.82 Å². The lowest BCUT2D eigenvalue weighted by Crippen LogP contribution is -2.31. The Hall–Kier alpha value is -2.77. The van der Waals surface area contributed by atoms with Gasteiger partial charge in [0.05, 0.1) is 17.5 Å². The van der Waals surface area contributed by atoms with Gasteiger partial charge in [0, 0.05) is 22.5 Å². The molecular weight excluding hydrogens is 418 g/mol. The lowest BCUT2D eigenvalue weighted by molar-refractivity contribution is -0.121. The van der Waals surface area contributed by atoms with E-state index < -0.39 is 23.3 Å². The van der Waals surface area contributed by atoms with Crippen LogP contribution >= 0.6 is 23.2 Å². The number of aromatic nitrogens is 3. The number of hydrogen-bond donors (Lipinski definition) is 2. The molecule has 1 aromatic carbocycles. The number of H-pyrrole nitrogens is 1. The highest BCUT2D eigenvalue weighted by Crippen LogP contribution is 2.28. The topological polar surface area (TPSA) is 87.7 Å². The SMILES string of the molecule is Cc1nc(-c2ccccn2)[nH]c(=O)c1CC(=O)N[C@H](C)c1cc(F)c(Cl)cc1Cl. The minimum absolute atomic E-state index is 0.0986. The van der Waals surface area contributed by atoms with Crippen LogP contribution in [0.2, 0.25) is 10.0 Å². The first-order valence-corrected chi connectivity index (χ1v) is 9.47. The molecule has 0 bridgehead atoms. The van der Waals surface area contributed by atoms with Gasteiger partial charge in [0.2, 0.25) is 5.91 Å². The van der Waals surface area contributed by atoms with Gasteiger partial charge in [-0.25, -0.2) is 9.37 Å². The van der Waals surface area contributed by atoms with Crippen LogP contribution in [0.1, 0.15) is 29.8 Å². The van der Waals surface area contributed by atoms with Crippen molar-refractivity contribution < 1.29 is 9.18 Å². The average molecular weight is 435 g/mol. The third kappa shape index (κ3) is 4.81. The lowest BCUT2D eigenvalue weighted by Gasteiger charge is -2.16. The van der Waals surface area contributed by atoms with E-state index in [0.717, 1.165) is 0 Å². The largest absolute Gasteiger partial charge is 0.349 e. The Morgan fingerprint density at radius 2 is 2.03 bits per heavy atom. The average Bonchev–Trinajstić information content (AvgIpc) is 2.68. The third-order valence-electron chi connectivity index (χ3n) is 4.35. The number of pyridine rings is 1. The molecule has 0 unspecified atom stereocenters. The van der Waals surface area contributed by atoms with Crippen molar-refractivity contribution in [2.24, 2.45) is 0 Å². The Bertz CT molecular complexity index is 1120. The third-order valence-corrected chi connectivity index (χ3v) is 4.97. The Kier molecular flexibility index (Phi) is 6.30. The summed E-state index contributed by atoms with van der Waals surface area (Å²) in [7, 11) is 0. The van der Waals surface area contributed by atoms with Gasteiger partial charge in [-0.1, -0.05) is 29.3 Å². The summed E-state index contributed by atoms with van der Waals surface area (Å²) in [6.45, 7) is 3.31. The van der Waals surface area contributed by atoms with E-state index in [9.17, 15) is 14.0 Å². The number of carbonyl (C=O) groups is 1. The zero-order valence-corrected chi connectivity index (χ0v) is 17.1. The van der Waals surface area contributed by atoms with Crippen molar-refractivity contribution in [3.05, 3.63) is 79.6 Å². The van der Waals surface area contributed by atoms with Crippen LogP contribution in [0, 0.1) is 12.7 Å². The maximum atomic E-state index is 13.7. The number of halogens is 3. The van der Waals surface area contributed by atoms with Gasteiger partial charge < -0.3 is 10.3 Å². The van der Waals surface area contributed by atoms with Crippen molar-refractivity contribution in [1.29, 1.82) is 0 Å². The van der Waals surface area contributed by atoms with Crippen LogP contribution in [-0.2, 0) is 11.2 Å². The van der Waals surface area contributed by atoms with E-state index in [1.807, 2.05) is 0 Å². The van der Waals surface area contributed by atoms with Gasteiger partial charge in [-0.3, -0.25) is 14.6 Å². The van der Waals surface area contributed by atoms with Crippen LogP contribution in [0.25, 0.3) is 11.5 Å². The van der Waals surface area contributed by atoms with E-state index >= 15 is 0 Å². The van der Waals surface area contributed by atoms with Crippen molar-refractivity contribution in [3.63, 3.8) is 0 Å². The summed E-state index contributed by atoms with van der Waals surface area (Å²) in [5.41, 5.74) is 1.15. The highest BCUT2D eigenvalue weighted by molar-refractivity contribution is 6.35. The van der Waals surface area contributed by atoms with E-state index in [1.54, 1.807) is 38.2 Å². The molecule has 0 aliphatic heterocycles. The molecule has 1 amide bonds. The van der Waals surface area contributed by atoms with Crippen molar-refractivity contribution in [2.75, 3.05) is 0 Å². The van der Waals surface area contributed by atoms with E-state index in [1.165, 1.54) is 12.1 Å². The van der Waals surface area contributed by atoms with Crippen molar-refractivity contribution in [3.8, 4) is 11.5 Å². The molecule has 3 rings (SSSR count). The first-order chi connectivity index (χ1) is 13.8. The van der Waals surface area contributed by atoms with Crippen LogP contribution in [0.15, 0.2) is 41.3 Å². The summed E-state index contributed by atoms with van der Waals surface area (Å²) < 4.78 is 13.7. The molecule has 2 N–H and O–H groups in total. The fourth-order valence-corrected chi connectivity index (χ4v) is 3.39. The molecule has 0 aliphatic rings. The Labute approximate surface area is 176 Å². The second-order valence-corrected chi connectivity index (χ2v) is 7.26. The summed E-state index contributed by atoms with van der Waals surface area (Å²) in [6, 6.07) is 7.14. The molecule has 3 aromatic rings. The smallest absolute Gasteiger partial charge is 0.255 e. The van der Waals surface area contributed by atoms with E-state index in [4.69, 9.17) is 23.2 Å². The fraction of sp³-hybridized carbons (Fsp3) is 0.200. The number of nitrogens with one attached hydrogen (secondary N) is 2. The molecule has 0 spiro atoms. The predicted molar refractivity (Wildman–Crippen MR) is 110 cm³/mol. The molecule has 9 heteroatoms. The molecule has 29 heavy (non-hydrogen) atoms. The number of nitrogens with zero attached hydrogens (tertiary/aromatic N) is 2. The van der Waals surface area contributed by atoms with Crippen molar-refractivity contribution in [1.82, 2.24) is 20.3 Å². The summed E-state index contributed by atoms with van der Waals surface area (Å²) in [5, 5.41) is 2.84. The highest BCUT2D eigenvalue weighted by Gasteiger charge is 2.18. The second kappa shape index (κ2) is 8.71. The number of amides is 1. The first kappa shape index (κ1) is 21.0. The van der Waals surface area contributed by atoms with Gasteiger partial charge >= 0.3 is 0 Å². The minimum Gasteiger partial charge on any atom is -0.349 e. The minimum atomic E-state index is -0.631. The number of carbonyl (C=O) groups excluding carboxylic acids is 1. The Morgan fingerprint density at radius 1 is 1.28 bits per heavy atom. The molecule has 2 aromatic heterocycles. The Balaban J connectivity index is 1.77. The van der Waals surface area contributed by atoms with Crippen LogP contribution in [0.5, 0.6) is 0 Å². The fourth-order valence-electron chi connectivity index (χ4n) is 2.84. The van der Waals surface area contributed by atoms with E-state index in [-0.39, 0.29) is 22.0 Å². The van der Waals surface area contributed by atoms with E-state index in [0.29, 0.717) is 22.8 Å². The number of aryl methyl sites for hydroxylation is 1. The number of hydrogen-bond acceptors (Lipinski definition) is 4. The quantitative estimate of drug-likeness (QED) is 0.593. The molecule has 0 saturated heterocycles. The lowest BCUT2D eigenvalue weighted by atomic mass is 10.1. The zero-order valence-electron chi connectivity index (χ0n) is 15.6. The Morgan fingerprint density at radius 3 is 2.69 bits per heavy atom. The maximum absolute atomic E-state index is 13.7. The molecule has 0 aliphatic carbocycles. The van der Waals surface area contributed by atoms with Crippen molar-refractivity contribution in [2.45, 2.75) is 26.3 Å². The maximum Gasteiger partial charge on any atom is 0.255 e. The number of rotatable bonds is 5. The van der Waals surface area contributed by atoms with Crippen LogP contribution in [0.3, 0.4) is 0 Å². The monoisotopic (exact) mass is 434 g/mol. The summed E-state index contributed by atoms with van der Waals surface area (Å²) in [4.78, 5) is 36.1. The summed E-state index contributed by atoms with van der Waals surface area (Å²) >= 11 is 11.8. The van der Waals surface area contributed by atoms with Gasteiger partial charge in [-0.2, -0.15) is 0 Å². The molecule has 1 atom stereocenters. The van der Waals surface area contributed by atoms with Crippen LogP contribution < -0.4 is 10.9 Å². The van der Waals surface area contributed by atoms with Gasteiger partial charge in [-0.15, -0.1) is 0 Å². The predicted octanol–water partition coefficient (Wildman–Crippen LogP) is 4.01. The van der Waals surface area contributed by atoms with Gasteiger partial charge in [0.25, 0.3) is 5.56 Å². The summed E-state index contributed by atoms with van der Waals surface area (Å²) in [5.74, 6) is -0.729. The summed E-state index contributed by atoms with van der Waals surface area (Å²) in [6.07, 6.45) is 1.41. The molecule has 2 heterocycles. The zero-order chi connectivity index (χ0) is 21.1. The molecular formula is C20H17Cl2FN4O2. The number of aromatic amines is 1. The molecule has 6 nitrogen and oxygen atoms in total. The van der Waals surface area contributed by atoms with E-state index in [2.05, 4.69) is 20.3 Å². The molecule has 150 valence electrons. The normalized spacial score (nSPS) is 11.9. The van der Waals surface area contributed by atoms with Crippen molar-refractivity contribution >= 4 is 29.1 Å². The van der Waals surface area contributed by atoms with Gasteiger partial charge in [-0.05, 0) is 43.7 Å².